The predicted molar refractivity (Wildman–Crippen MR) is 114 cm³/mol. The number of amides is 1. The lowest BCUT2D eigenvalue weighted by molar-refractivity contribution is -0.129. The first-order valence-electron chi connectivity index (χ1n) is 10.7. The third-order valence-electron chi connectivity index (χ3n) is 6.52. The van der Waals surface area contributed by atoms with E-state index >= 15 is 0 Å². The van der Waals surface area contributed by atoms with E-state index in [0.29, 0.717) is 0 Å². The first-order valence-corrected chi connectivity index (χ1v) is 10.7. The third kappa shape index (κ3) is 3.34. The van der Waals surface area contributed by atoms with Crippen molar-refractivity contribution in [2.24, 2.45) is 22.4 Å². The van der Waals surface area contributed by atoms with Crippen LogP contribution in [-0.4, -0.2) is 17.9 Å². The van der Waals surface area contributed by atoms with Crippen LogP contribution >= 0.6 is 0 Å². The Morgan fingerprint density at radius 1 is 1.14 bits per heavy atom. The fourth-order valence-corrected chi connectivity index (χ4v) is 5.11. The van der Waals surface area contributed by atoms with Gasteiger partial charge in [0.1, 0.15) is 11.7 Å². The summed E-state index contributed by atoms with van der Waals surface area (Å²) in [5, 5.41) is 6.34. The molecule has 0 bridgehead atoms. The van der Waals surface area contributed by atoms with Crippen LogP contribution in [0.3, 0.4) is 0 Å². The average molecular weight is 381 g/mol. The molecule has 1 spiro atoms. The van der Waals surface area contributed by atoms with Gasteiger partial charge in [-0.2, -0.15) is 10.1 Å². The van der Waals surface area contributed by atoms with Crippen molar-refractivity contribution in [1.82, 2.24) is 0 Å². The zero-order valence-corrected chi connectivity index (χ0v) is 17.4. The molecule has 4 nitrogen and oxygen atoms in total. The minimum Gasteiger partial charge on any atom is -0.298 e. The van der Waals surface area contributed by atoms with Gasteiger partial charge < -0.3 is 0 Å². The number of aldehydes is 1. The molecule has 28 heavy (non-hydrogen) atoms. The van der Waals surface area contributed by atoms with Crippen LogP contribution < -0.4 is 5.01 Å². The molecule has 1 amide bonds. The molecule has 4 heteroatoms. The van der Waals surface area contributed by atoms with Gasteiger partial charge >= 0.3 is 0 Å². The Balaban J connectivity index is 2.09. The van der Waals surface area contributed by atoms with Gasteiger partial charge in [-0.05, 0) is 49.8 Å². The van der Waals surface area contributed by atoms with Crippen molar-refractivity contribution in [2.75, 3.05) is 5.01 Å². The maximum atomic E-state index is 14.0. The van der Waals surface area contributed by atoms with Crippen molar-refractivity contribution >= 4 is 23.6 Å². The number of rotatable bonds is 8. The minimum absolute atomic E-state index is 0.0471. The molecule has 0 unspecified atom stereocenters. The Labute approximate surface area is 168 Å². The molecule has 0 radical (unpaired) electrons. The van der Waals surface area contributed by atoms with Crippen LogP contribution in [0.1, 0.15) is 65.7 Å². The van der Waals surface area contributed by atoms with Gasteiger partial charge in [-0.15, -0.1) is 0 Å². The summed E-state index contributed by atoms with van der Waals surface area (Å²) in [6.45, 7) is 6.33. The van der Waals surface area contributed by atoms with Gasteiger partial charge in [-0.3, -0.25) is 9.59 Å². The molecule has 1 aromatic rings. The first-order chi connectivity index (χ1) is 13.6. The molecular weight excluding hydrogens is 348 g/mol. The molecule has 150 valence electrons. The molecule has 0 N–H and O–H groups in total. The molecule has 3 atom stereocenters. The Morgan fingerprint density at radius 3 is 2.46 bits per heavy atom. The zero-order chi connectivity index (χ0) is 20.1. The number of carbonyl (C=O) groups excluding carboxylic acids is 2. The number of allylic oxidation sites excluding steroid dienone is 2. The second-order valence-corrected chi connectivity index (χ2v) is 8.10. The fourth-order valence-electron chi connectivity index (χ4n) is 5.11. The SMILES string of the molecule is CCCC[C@@H]1CC=C(C=O)[C@@H](CCCC)[C@]12C(=O)N(c1ccccc1)N=C2C. The van der Waals surface area contributed by atoms with Crippen LogP contribution in [0.15, 0.2) is 47.1 Å². The highest BCUT2D eigenvalue weighted by Gasteiger charge is 2.60. The van der Waals surface area contributed by atoms with Gasteiger partial charge in [0.25, 0.3) is 5.91 Å². The Hall–Kier alpha value is -2.23. The number of nitrogens with zero attached hydrogens (tertiary/aromatic N) is 2. The highest BCUT2D eigenvalue weighted by Crippen LogP contribution is 2.54. The van der Waals surface area contributed by atoms with Crippen LogP contribution in [-0.2, 0) is 9.59 Å². The van der Waals surface area contributed by atoms with E-state index in [0.717, 1.165) is 68.2 Å². The van der Waals surface area contributed by atoms with Gasteiger partial charge in [0.05, 0.1) is 11.4 Å². The summed E-state index contributed by atoms with van der Waals surface area (Å²) < 4.78 is 0. The van der Waals surface area contributed by atoms with Crippen molar-refractivity contribution in [3.8, 4) is 0 Å². The predicted octanol–water partition coefficient (Wildman–Crippen LogP) is 5.54. The average Bonchev–Trinajstić information content (AvgIpc) is 2.98. The summed E-state index contributed by atoms with van der Waals surface area (Å²) >= 11 is 0. The van der Waals surface area contributed by atoms with Gasteiger partial charge in [0, 0.05) is 5.92 Å². The lowest BCUT2D eigenvalue weighted by Gasteiger charge is -2.45. The van der Waals surface area contributed by atoms with Crippen LogP contribution in [0.25, 0.3) is 0 Å². The largest absolute Gasteiger partial charge is 0.298 e. The standard InChI is InChI=1S/C24H32N2O2/c1-4-6-11-20-16-15-19(17-27)22(14-7-5-2)24(20)18(3)25-26(23(24)28)21-12-9-8-10-13-21/h8-10,12-13,15,17,20,22H,4-7,11,14,16H2,1-3H3/t20-,22-,24-/m1/s1. The molecular formula is C24H32N2O2. The molecule has 0 aromatic heterocycles. The number of para-hydroxylation sites is 1. The molecule has 3 rings (SSSR count). The Kier molecular flexibility index (Phi) is 6.48. The highest BCUT2D eigenvalue weighted by atomic mass is 16.2. The number of unbranched alkanes of at least 4 members (excludes halogenated alkanes) is 2. The summed E-state index contributed by atoms with van der Waals surface area (Å²) in [6, 6.07) is 9.65. The van der Waals surface area contributed by atoms with Gasteiger partial charge in [0.2, 0.25) is 0 Å². The maximum absolute atomic E-state index is 14.0. The number of hydrogen-bond acceptors (Lipinski definition) is 3. The quantitative estimate of drug-likeness (QED) is 0.556. The maximum Gasteiger partial charge on any atom is 0.260 e. The Bertz CT molecular complexity index is 768. The van der Waals surface area contributed by atoms with Crippen molar-refractivity contribution in [2.45, 2.75) is 65.7 Å². The fraction of sp³-hybridized carbons (Fsp3) is 0.542. The van der Waals surface area contributed by atoms with Gasteiger partial charge in [0.15, 0.2) is 0 Å². The molecule has 0 saturated heterocycles. The number of anilines is 1. The van der Waals surface area contributed by atoms with Crippen LogP contribution in [0.5, 0.6) is 0 Å². The van der Waals surface area contributed by atoms with Crippen LogP contribution in [0.2, 0.25) is 0 Å². The normalized spacial score (nSPS) is 27.1. The summed E-state index contributed by atoms with van der Waals surface area (Å²) in [7, 11) is 0. The van der Waals surface area contributed by atoms with E-state index in [1.54, 1.807) is 5.01 Å². The minimum atomic E-state index is -0.689. The summed E-state index contributed by atoms with van der Waals surface area (Å²) in [5.41, 5.74) is 1.77. The summed E-state index contributed by atoms with van der Waals surface area (Å²) in [5.74, 6) is 0.166. The number of benzene rings is 1. The summed E-state index contributed by atoms with van der Waals surface area (Å²) in [4.78, 5) is 25.9. The number of hydrazone groups is 1. The third-order valence-corrected chi connectivity index (χ3v) is 6.52. The van der Waals surface area contributed by atoms with E-state index in [4.69, 9.17) is 5.10 Å². The van der Waals surface area contributed by atoms with Crippen LogP contribution in [0.4, 0.5) is 5.69 Å². The molecule has 2 aliphatic rings. The van der Waals surface area contributed by atoms with E-state index in [-0.39, 0.29) is 17.7 Å². The molecule has 0 fully saturated rings. The van der Waals surface area contributed by atoms with Gasteiger partial charge in [-0.1, -0.05) is 63.8 Å². The van der Waals surface area contributed by atoms with Crippen molar-refractivity contribution in [3.63, 3.8) is 0 Å². The monoisotopic (exact) mass is 380 g/mol. The smallest absolute Gasteiger partial charge is 0.260 e. The second-order valence-electron chi connectivity index (χ2n) is 8.10. The molecule has 1 aliphatic carbocycles. The molecule has 1 heterocycles. The molecule has 1 aromatic carbocycles. The lowest BCUT2D eigenvalue weighted by atomic mass is 9.55. The van der Waals surface area contributed by atoms with Crippen molar-refractivity contribution < 1.29 is 9.59 Å². The van der Waals surface area contributed by atoms with Crippen molar-refractivity contribution in [3.05, 3.63) is 42.0 Å². The molecule has 0 saturated carbocycles. The summed E-state index contributed by atoms with van der Waals surface area (Å²) in [6.07, 6.45) is 9.92. The molecule has 1 aliphatic heterocycles. The van der Waals surface area contributed by atoms with E-state index in [2.05, 4.69) is 19.9 Å². The van der Waals surface area contributed by atoms with Crippen molar-refractivity contribution in [1.29, 1.82) is 0 Å². The van der Waals surface area contributed by atoms with E-state index in [9.17, 15) is 9.59 Å². The topological polar surface area (TPSA) is 49.7 Å². The van der Waals surface area contributed by atoms with E-state index in [1.807, 2.05) is 37.3 Å². The van der Waals surface area contributed by atoms with Gasteiger partial charge in [-0.25, -0.2) is 0 Å². The zero-order valence-electron chi connectivity index (χ0n) is 17.4. The van der Waals surface area contributed by atoms with Crippen LogP contribution in [0, 0.1) is 17.3 Å². The van der Waals surface area contributed by atoms with E-state index in [1.165, 1.54) is 0 Å². The lowest BCUT2D eigenvalue weighted by Crippen LogP contribution is -2.52. The first kappa shape index (κ1) is 20.5. The number of hydrogen-bond donors (Lipinski definition) is 0. The second kappa shape index (κ2) is 8.85. The Morgan fingerprint density at radius 2 is 1.82 bits per heavy atom. The van der Waals surface area contributed by atoms with E-state index < -0.39 is 5.41 Å². The number of carbonyl (C=O) groups is 2. The highest BCUT2D eigenvalue weighted by molar-refractivity contribution is 6.19.